The fourth-order valence-electron chi connectivity index (χ4n) is 1.74. The van der Waals surface area contributed by atoms with Crippen LogP contribution in [0.15, 0.2) is 30.3 Å². The van der Waals surface area contributed by atoms with E-state index in [0.29, 0.717) is 5.69 Å². The molecule has 0 aliphatic carbocycles. The minimum Gasteiger partial charge on any atom is -0.395 e. The number of hydrogen-bond acceptors (Lipinski definition) is 4. The van der Waals surface area contributed by atoms with E-state index < -0.39 is 21.9 Å². The number of anilines is 1. The van der Waals surface area contributed by atoms with Crippen LogP contribution in [0.4, 0.5) is 5.69 Å². The molecule has 2 rings (SSSR count). The second-order valence-electron chi connectivity index (χ2n) is 4.47. The lowest BCUT2D eigenvalue weighted by molar-refractivity contribution is 0.296. The Balaban J connectivity index is 2.52. The third-order valence-electron chi connectivity index (χ3n) is 2.88. The predicted molar refractivity (Wildman–Crippen MR) is 75.6 cm³/mol. The molecule has 0 radical (unpaired) electrons. The molecule has 0 fully saturated rings. The van der Waals surface area contributed by atoms with Crippen molar-refractivity contribution in [2.24, 2.45) is 0 Å². The number of aromatic nitrogens is 1. The third kappa shape index (κ3) is 2.85. The Hall–Kier alpha value is -1.66. The van der Waals surface area contributed by atoms with Gasteiger partial charge < -0.3 is 5.11 Å². The Morgan fingerprint density at radius 2 is 2.05 bits per heavy atom. The Kier molecular flexibility index (Phi) is 3.73. The molecule has 5 nitrogen and oxygen atoms in total. The van der Waals surface area contributed by atoms with Crippen LogP contribution in [0.1, 0.15) is 12.6 Å². The summed E-state index contributed by atoms with van der Waals surface area (Å²) in [6, 6.07) is 9.00. The van der Waals surface area contributed by atoms with E-state index in [1.54, 1.807) is 13.0 Å². The van der Waals surface area contributed by atoms with Crippen molar-refractivity contribution in [3.8, 4) is 0 Å². The Morgan fingerprint density at radius 1 is 1.37 bits per heavy atom. The van der Waals surface area contributed by atoms with Gasteiger partial charge in [-0.25, -0.2) is 8.42 Å². The van der Waals surface area contributed by atoms with Crippen LogP contribution in [0.3, 0.4) is 0 Å². The summed E-state index contributed by atoms with van der Waals surface area (Å²) >= 11 is 0. The number of hydrogen-bond donors (Lipinski definition) is 2. The highest BCUT2D eigenvalue weighted by Gasteiger charge is 2.20. The first kappa shape index (κ1) is 13.8. The monoisotopic (exact) mass is 280 g/mol. The average molecular weight is 280 g/mol. The fraction of sp³-hybridized carbons (Fsp3) is 0.308. The number of benzene rings is 1. The van der Waals surface area contributed by atoms with Crippen molar-refractivity contribution in [3.63, 3.8) is 0 Å². The number of aliphatic hydroxyl groups excluding tert-OH is 1. The lowest BCUT2D eigenvalue weighted by Gasteiger charge is -2.14. The maximum atomic E-state index is 12.0. The molecule has 19 heavy (non-hydrogen) atoms. The van der Waals surface area contributed by atoms with Crippen molar-refractivity contribution in [3.05, 3.63) is 36.0 Å². The van der Waals surface area contributed by atoms with Crippen LogP contribution in [-0.4, -0.2) is 30.4 Å². The molecule has 0 aliphatic heterocycles. The van der Waals surface area contributed by atoms with Gasteiger partial charge in [-0.3, -0.25) is 9.71 Å². The van der Waals surface area contributed by atoms with Crippen molar-refractivity contribution in [1.82, 2.24) is 4.98 Å². The van der Waals surface area contributed by atoms with Crippen LogP contribution in [-0.2, 0) is 10.0 Å². The first-order chi connectivity index (χ1) is 8.94. The van der Waals surface area contributed by atoms with Crippen molar-refractivity contribution in [1.29, 1.82) is 0 Å². The van der Waals surface area contributed by atoms with Crippen LogP contribution in [0.2, 0.25) is 0 Å². The highest BCUT2D eigenvalue weighted by atomic mass is 32.2. The number of fused-ring (bicyclic) bond motifs is 1. The summed E-state index contributed by atoms with van der Waals surface area (Å²) in [6.45, 7) is 2.84. The van der Waals surface area contributed by atoms with Crippen LogP contribution in [0.25, 0.3) is 10.9 Å². The standard InChI is InChI=1S/C13H16N2O3S/c1-9-7-13(15-19(17,18)10(2)8-16)11-5-3-4-6-12(11)14-9/h3-7,10,16H,8H2,1-2H3,(H,14,15). The topological polar surface area (TPSA) is 79.3 Å². The van der Waals surface area contributed by atoms with Crippen LogP contribution < -0.4 is 4.72 Å². The molecule has 0 spiro atoms. The molecule has 1 heterocycles. The normalized spacial score (nSPS) is 13.4. The van der Waals surface area contributed by atoms with Gasteiger partial charge in [-0.05, 0) is 26.0 Å². The van der Waals surface area contributed by atoms with Crippen molar-refractivity contribution < 1.29 is 13.5 Å². The average Bonchev–Trinajstić information content (AvgIpc) is 2.37. The maximum absolute atomic E-state index is 12.0. The summed E-state index contributed by atoms with van der Waals surface area (Å²) in [4.78, 5) is 4.35. The molecule has 1 atom stereocenters. The summed E-state index contributed by atoms with van der Waals surface area (Å²) in [5.74, 6) is 0. The fourth-order valence-corrected chi connectivity index (χ4v) is 2.62. The van der Waals surface area contributed by atoms with Gasteiger partial charge >= 0.3 is 0 Å². The van der Waals surface area contributed by atoms with Gasteiger partial charge in [0.15, 0.2) is 0 Å². The van der Waals surface area contributed by atoms with Gasteiger partial charge in [0, 0.05) is 11.1 Å². The number of pyridine rings is 1. The van der Waals surface area contributed by atoms with Crippen molar-refractivity contribution in [2.45, 2.75) is 19.1 Å². The number of para-hydroxylation sites is 1. The third-order valence-corrected chi connectivity index (χ3v) is 4.60. The molecule has 2 N–H and O–H groups in total. The van der Waals surface area contributed by atoms with E-state index in [-0.39, 0.29) is 0 Å². The van der Waals surface area contributed by atoms with E-state index in [2.05, 4.69) is 9.71 Å². The van der Waals surface area contributed by atoms with Crippen LogP contribution in [0.5, 0.6) is 0 Å². The molecule has 0 aliphatic rings. The summed E-state index contributed by atoms with van der Waals surface area (Å²) in [5.41, 5.74) is 1.95. The largest absolute Gasteiger partial charge is 0.395 e. The van der Waals surface area contributed by atoms with E-state index in [4.69, 9.17) is 5.11 Å². The molecule has 0 saturated carbocycles. The minimum atomic E-state index is -3.60. The lowest BCUT2D eigenvalue weighted by Crippen LogP contribution is -2.28. The first-order valence-electron chi connectivity index (χ1n) is 5.93. The number of sulfonamides is 1. The Morgan fingerprint density at radius 3 is 2.74 bits per heavy atom. The molecule has 0 amide bonds. The Labute approximate surface area is 112 Å². The summed E-state index contributed by atoms with van der Waals surface area (Å²) in [6.07, 6.45) is 0. The summed E-state index contributed by atoms with van der Waals surface area (Å²) in [7, 11) is -3.60. The molecule has 1 aromatic heterocycles. The number of nitrogens with one attached hydrogen (secondary N) is 1. The van der Waals surface area contributed by atoms with E-state index in [1.165, 1.54) is 6.92 Å². The maximum Gasteiger partial charge on any atom is 0.237 e. The number of nitrogens with zero attached hydrogens (tertiary/aromatic N) is 1. The molecule has 0 saturated heterocycles. The summed E-state index contributed by atoms with van der Waals surface area (Å²) in [5, 5.41) is 8.86. The molecule has 1 aromatic carbocycles. The van der Waals surface area contributed by atoms with Gasteiger partial charge in [0.25, 0.3) is 0 Å². The number of aliphatic hydroxyl groups is 1. The van der Waals surface area contributed by atoms with Gasteiger partial charge in [0.1, 0.15) is 5.25 Å². The molecule has 1 unspecified atom stereocenters. The lowest BCUT2D eigenvalue weighted by atomic mass is 10.2. The molecule has 102 valence electrons. The SMILES string of the molecule is Cc1cc(NS(=O)(=O)C(C)CO)c2ccccc2n1. The zero-order valence-electron chi connectivity index (χ0n) is 10.8. The second-order valence-corrected chi connectivity index (χ2v) is 6.57. The highest BCUT2D eigenvalue weighted by molar-refractivity contribution is 7.93. The highest BCUT2D eigenvalue weighted by Crippen LogP contribution is 2.24. The first-order valence-corrected chi connectivity index (χ1v) is 7.47. The van der Waals surface area contributed by atoms with Gasteiger partial charge in [-0.2, -0.15) is 0 Å². The number of aryl methyl sites for hydroxylation is 1. The van der Waals surface area contributed by atoms with E-state index in [1.807, 2.05) is 24.3 Å². The van der Waals surface area contributed by atoms with E-state index in [9.17, 15) is 8.42 Å². The molecule has 0 bridgehead atoms. The number of rotatable bonds is 4. The van der Waals surface area contributed by atoms with E-state index in [0.717, 1.165) is 16.6 Å². The van der Waals surface area contributed by atoms with E-state index >= 15 is 0 Å². The van der Waals surface area contributed by atoms with Crippen LogP contribution in [0, 0.1) is 6.92 Å². The molecular formula is C13H16N2O3S. The second kappa shape index (κ2) is 5.14. The van der Waals surface area contributed by atoms with Crippen molar-refractivity contribution >= 4 is 26.6 Å². The molecule has 6 heteroatoms. The Bertz CT molecular complexity index is 698. The molecule has 2 aromatic rings. The van der Waals surface area contributed by atoms with Gasteiger partial charge in [0.2, 0.25) is 10.0 Å². The van der Waals surface area contributed by atoms with Gasteiger partial charge in [-0.15, -0.1) is 0 Å². The predicted octanol–water partition coefficient (Wildman–Crippen LogP) is 1.67. The zero-order chi connectivity index (χ0) is 14.0. The zero-order valence-corrected chi connectivity index (χ0v) is 11.6. The van der Waals surface area contributed by atoms with Gasteiger partial charge in [0.05, 0.1) is 17.8 Å². The minimum absolute atomic E-state index is 0.419. The smallest absolute Gasteiger partial charge is 0.237 e. The summed E-state index contributed by atoms with van der Waals surface area (Å²) < 4.78 is 26.5. The van der Waals surface area contributed by atoms with Crippen LogP contribution >= 0.6 is 0 Å². The quantitative estimate of drug-likeness (QED) is 0.892. The van der Waals surface area contributed by atoms with Gasteiger partial charge in [-0.1, -0.05) is 18.2 Å². The molecular weight excluding hydrogens is 264 g/mol. The van der Waals surface area contributed by atoms with Crippen molar-refractivity contribution in [2.75, 3.05) is 11.3 Å².